The molecule has 0 saturated carbocycles. The van der Waals surface area contributed by atoms with Crippen molar-refractivity contribution < 1.29 is 9.90 Å². The van der Waals surface area contributed by atoms with Crippen LogP contribution in [0.5, 0.6) is 0 Å². The van der Waals surface area contributed by atoms with Crippen LogP contribution in [0.25, 0.3) is 0 Å². The highest BCUT2D eigenvalue weighted by Gasteiger charge is 2.35. The molecule has 0 saturated heterocycles. The molecular formula is C14H16N2O2. The van der Waals surface area contributed by atoms with Gasteiger partial charge in [-0.05, 0) is 31.4 Å². The van der Waals surface area contributed by atoms with Crippen molar-refractivity contribution in [3.8, 4) is 0 Å². The van der Waals surface area contributed by atoms with Crippen LogP contribution in [0.1, 0.15) is 18.9 Å². The fourth-order valence-electron chi connectivity index (χ4n) is 1.91. The summed E-state index contributed by atoms with van der Waals surface area (Å²) in [5.74, 6) is -0.859. The molecule has 1 aromatic carbocycles. The first kappa shape index (κ1) is 12.4. The molecule has 1 heterocycles. The van der Waals surface area contributed by atoms with Crippen LogP contribution in [0.4, 0.5) is 0 Å². The van der Waals surface area contributed by atoms with E-state index < -0.39 is 11.5 Å². The van der Waals surface area contributed by atoms with Gasteiger partial charge in [-0.25, -0.2) is 4.79 Å². The molecule has 0 aliphatic heterocycles. The molecule has 1 N–H and O–H groups in total. The zero-order chi connectivity index (χ0) is 13.0. The van der Waals surface area contributed by atoms with Gasteiger partial charge >= 0.3 is 5.97 Å². The molecule has 0 fully saturated rings. The van der Waals surface area contributed by atoms with Gasteiger partial charge in [-0.2, -0.15) is 5.10 Å². The third-order valence-electron chi connectivity index (χ3n) is 3.21. The fourth-order valence-corrected chi connectivity index (χ4v) is 1.91. The van der Waals surface area contributed by atoms with Crippen LogP contribution in [0.2, 0.25) is 0 Å². The molecule has 4 nitrogen and oxygen atoms in total. The summed E-state index contributed by atoms with van der Waals surface area (Å²) in [7, 11) is 0. The average molecular weight is 244 g/mol. The molecule has 2 rings (SSSR count). The summed E-state index contributed by atoms with van der Waals surface area (Å²) in [6.45, 7) is 1.70. The van der Waals surface area contributed by atoms with E-state index in [1.54, 1.807) is 25.4 Å². The molecule has 0 bridgehead atoms. The van der Waals surface area contributed by atoms with E-state index in [1.807, 2.05) is 30.3 Å². The lowest BCUT2D eigenvalue weighted by Gasteiger charge is -2.25. The van der Waals surface area contributed by atoms with E-state index in [4.69, 9.17) is 0 Å². The standard InChI is InChI=1S/C14H16N2O2/c1-14(13(17)18,16-11-5-10-15-16)9-8-12-6-3-2-4-7-12/h2-7,10-11H,8-9H2,1H3,(H,17,18). The Morgan fingerprint density at radius 3 is 2.61 bits per heavy atom. The van der Waals surface area contributed by atoms with Gasteiger partial charge in [-0.3, -0.25) is 4.68 Å². The summed E-state index contributed by atoms with van der Waals surface area (Å²) in [5.41, 5.74) is 0.136. The molecule has 18 heavy (non-hydrogen) atoms. The van der Waals surface area contributed by atoms with E-state index in [0.717, 1.165) is 5.56 Å². The molecule has 1 aromatic heterocycles. The van der Waals surface area contributed by atoms with Crippen LogP contribution in [0.15, 0.2) is 48.8 Å². The second-order valence-electron chi connectivity index (χ2n) is 4.52. The number of rotatable bonds is 5. The van der Waals surface area contributed by atoms with Gasteiger partial charge in [0.05, 0.1) is 0 Å². The second kappa shape index (κ2) is 5.04. The number of benzene rings is 1. The number of nitrogens with zero attached hydrogens (tertiary/aromatic N) is 2. The highest BCUT2D eigenvalue weighted by molar-refractivity contribution is 5.76. The van der Waals surface area contributed by atoms with Crippen molar-refractivity contribution in [1.29, 1.82) is 0 Å². The molecule has 0 amide bonds. The summed E-state index contributed by atoms with van der Waals surface area (Å²) >= 11 is 0. The van der Waals surface area contributed by atoms with Crippen molar-refractivity contribution in [2.24, 2.45) is 0 Å². The van der Waals surface area contributed by atoms with E-state index >= 15 is 0 Å². The maximum absolute atomic E-state index is 11.5. The first-order valence-electron chi connectivity index (χ1n) is 5.90. The van der Waals surface area contributed by atoms with Gasteiger partial charge in [0.1, 0.15) is 0 Å². The molecule has 1 atom stereocenters. The van der Waals surface area contributed by atoms with Crippen molar-refractivity contribution in [2.75, 3.05) is 0 Å². The van der Waals surface area contributed by atoms with E-state index in [1.165, 1.54) is 4.68 Å². The summed E-state index contributed by atoms with van der Waals surface area (Å²) < 4.78 is 1.51. The van der Waals surface area contributed by atoms with Crippen molar-refractivity contribution in [3.63, 3.8) is 0 Å². The van der Waals surface area contributed by atoms with E-state index in [2.05, 4.69) is 5.10 Å². The normalized spacial score (nSPS) is 14.1. The quantitative estimate of drug-likeness (QED) is 0.878. The van der Waals surface area contributed by atoms with Gasteiger partial charge in [0.15, 0.2) is 5.54 Å². The zero-order valence-corrected chi connectivity index (χ0v) is 10.3. The Hall–Kier alpha value is -2.10. The Balaban J connectivity index is 2.15. The summed E-state index contributed by atoms with van der Waals surface area (Å²) in [6, 6.07) is 11.6. The van der Waals surface area contributed by atoms with Gasteiger partial charge in [0, 0.05) is 12.4 Å². The van der Waals surface area contributed by atoms with Gasteiger partial charge < -0.3 is 5.11 Å². The monoisotopic (exact) mass is 244 g/mol. The predicted molar refractivity (Wildman–Crippen MR) is 68.3 cm³/mol. The molecule has 1 unspecified atom stereocenters. The minimum Gasteiger partial charge on any atom is -0.479 e. The van der Waals surface area contributed by atoms with Crippen LogP contribution >= 0.6 is 0 Å². The molecule has 0 radical (unpaired) electrons. The van der Waals surface area contributed by atoms with Crippen molar-refractivity contribution in [2.45, 2.75) is 25.3 Å². The van der Waals surface area contributed by atoms with Gasteiger partial charge in [0.25, 0.3) is 0 Å². The Bertz CT molecular complexity index is 508. The summed E-state index contributed by atoms with van der Waals surface area (Å²) in [6.07, 6.45) is 4.51. The number of carbonyl (C=O) groups is 1. The number of aromatic nitrogens is 2. The second-order valence-corrected chi connectivity index (χ2v) is 4.52. The third kappa shape index (κ3) is 2.42. The minimum absolute atomic E-state index is 0.508. The van der Waals surface area contributed by atoms with Gasteiger partial charge in [-0.15, -0.1) is 0 Å². The smallest absolute Gasteiger partial charge is 0.331 e. The highest BCUT2D eigenvalue weighted by Crippen LogP contribution is 2.22. The minimum atomic E-state index is -1.00. The molecular weight excluding hydrogens is 228 g/mol. The Kier molecular flexibility index (Phi) is 3.46. The summed E-state index contributed by atoms with van der Waals surface area (Å²) in [4.78, 5) is 11.5. The lowest BCUT2D eigenvalue weighted by Crippen LogP contribution is -2.39. The topological polar surface area (TPSA) is 55.1 Å². The molecule has 0 aliphatic rings. The summed E-state index contributed by atoms with van der Waals surface area (Å²) in [5, 5.41) is 13.5. The van der Waals surface area contributed by atoms with E-state index in [9.17, 15) is 9.90 Å². The predicted octanol–water partition coefficient (Wildman–Crippen LogP) is 2.32. The van der Waals surface area contributed by atoms with Crippen LogP contribution < -0.4 is 0 Å². The molecule has 94 valence electrons. The average Bonchev–Trinajstić information content (AvgIpc) is 2.91. The fraction of sp³-hybridized carbons (Fsp3) is 0.286. The first-order chi connectivity index (χ1) is 8.63. The Morgan fingerprint density at radius 1 is 1.33 bits per heavy atom. The number of carboxylic acids is 1. The number of hydrogen-bond acceptors (Lipinski definition) is 2. The Labute approximate surface area is 106 Å². The van der Waals surface area contributed by atoms with E-state index in [0.29, 0.717) is 12.8 Å². The molecule has 0 aliphatic carbocycles. The zero-order valence-electron chi connectivity index (χ0n) is 10.3. The van der Waals surface area contributed by atoms with Crippen LogP contribution in [-0.4, -0.2) is 20.9 Å². The largest absolute Gasteiger partial charge is 0.479 e. The first-order valence-corrected chi connectivity index (χ1v) is 5.90. The number of aliphatic carboxylic acids is 1. The van der Waals surface area contributed by atoms with Gasteiger partial charge in [0.2, 0.25) is 0 Å². The van der Waals surface area contributed by atoms with Crippen molar-refractivity contribution in [3.05, 3.63) is 54.4 Å². The van der Waals surface area contributed by atoms with E-state index in [-0.39, 0.29) is 0 Å². The van der Waals surface area contributed by atoms with Crippen LogP contribution in [-0.2, 0) is 16.8 Å². The number of aryl methyl sites for hydroxylation is 1. The van der Waals surface area contributed by atoms with Crippen molar-refractivity contribution >= 4 is 5.97 Å². The SMILES string of the molecule is CC(CCc1ccccc1)(C(=O)O)n1cccn1. The molecule has 0 spiro atoms. The lowest BCUT2D eigenvalue weighted by atomic mass is 9.93. The Morgan fingerprint density at radius 2 is 2.06 bits per heavy atom. The third-order valence-corrected chi connectivity index (χ3v) is 3.21. The maximum Gasteiger partial charge on any atom is 0.331 e. The maximum atomic E-state index is 11.5. The number of carboxylic acid groups (broad SMARTS) is 1. The number of hydrogen-bond donors (Lipinski definition) is 1. The van der Waals surface area contributed by atoms with Crippen molar-refractivity contribution in [1.82, 2.24) is 9.78 Å². The van der Waals surface area contributed by atoms with Gasteiger partial charge in [-0.1, -0.05) is 30.3 Å². The lowest BCUT2D eigenvalue weighted by molar-refractivity contribution is -0.147. The molecule has 4 heteroatoms. The van der Waals surface area contributed by atoms with Crippen LogP contribution in [0.3, 0.4) is 0 Å². The molecule has 2 aromatic rings. The van der Waals surface area contributed by atoms with Crippen LogP contribution in [0, 0.1) is 0 Å². The highest BCUT2D eigenvalue weighted by atomic mass is 16.4.